The summed E-state index contributed by atoms with van der Waals surface area (Å²) < 4.78 is 1.01. The van der Waals surface area contributed by atoms with Crippen LogP contribution in [0.2, 0.25) is 0 Å². The minimum absolute atomic E-state index is 0.245. The van der Waals surface area contributed by atoms with Crippen LogP contribution in [0.15, 0.2) is 34.8 Å². The van der Waals surface area contributed by atoms with E-state index in [-0.39, 0.29) is 5.92 Å². The number of benzene rings is 1. The van der Waals surface area contributed by atoms with E-state index >= 15 is 0 Å². The van der Waals surface area contributed by atoms with Crippen LogP contribution in [-0.4, -0.2) is 9.97 Å². The van der Waals surface area contributed by atoms with Gasteiger partial charge in [-0.1, -0.05) is 35.0 Å². The molecule has 0 amide bonds. The fourth-order valence-corrected chi connectivity index (χ4v) is 2.27. The molecule has 0 N–H and O–H groups in total. The topological polar surface area (TPSA) is 49.6 Å². The first kappa shape index (κ1) is 13.7. The van der Waals surface area contributed by atoms with E-state index in [2.05, 4.69) is 32.0 Å². The van der Waals surface area contributed by atoms with Crippen molar-refractivity contribution in [2.45, 2.75) is 26.2 Å². The van der Waals surface area contributed by atoms with Crippen LogP contribution >= 0.6 is 15.9 Å². The molecule has 3 nitrogen and oxygen atoms in total. The van der Waals surface area contributed by atoms with Crippen LogP contribution < -0.4 is 0 Å². The van der Waals surface area contributed by atoms with Crippen molar-refractivity contribution in [2.24, 2.45) is 0 Å². The number of hydrogen-bond donors (Lipinski definition) is 0. The van der Waals surface area contributed by atoms with Crippen molar-refractivity contribution in [3.63, 3.8) is 0 Å². The van der Waals surface area contributed by atoms with Crippen molar-refractivity contribution in [1.29, 1.82) is 5.26 Å². The molecule has 2 rings (SSSR count). The maximum absolute atomic E-state index is 9.14. The zero-order valence-corrected chi connectivity index (χ0v) is 12.5. The van der Waals surface area contributed by atoms with Crippen LogP contribution in [-0.2, 0) is 0 Å². The number of nitrogens with zero attached hydrogens (tertiary/aromatic N) is 3. The van der Waals surface area contributed by atoms with Gasteiger partial charge in [0.1, 0.15) is 11.7 Å². The number of aromatic nitrogens is 2. The summed E-state index contributed by atoms with van der Waals surface area (Å²) in [5.41, 5.74) is 2.76. The molecule has 96 valence electrons. The highest BCUT2D eigenvalue weighted by Gasteiger charge is 2.13. The number of hydrogen-bond acceptors (Lipinski definition) is 3. The Kier molecular flexibility index (Phi) is 4.28. The van der Waals surface area contributed by atoms with E-state index in [1.54, 1.807) is 0 Å². The highest BCUT2D eigenvalue weighted by atomic mass is 79.9. The summed E-state index contributed by atoms with van der Waals surface area (Å²) in [5, 5.41) is 9.14. The van der Waals surface area contributed by atoms with Crippen molar-refractivity contribution in [2.75, 3.05) is 0 Å². The Labute approximate surface area is 121 Å². The van der Waals surface area contributed by atoms with Crippen LogP contribution in [0.25, 0.3) is 11.3 Å². The number of rotatable bonds is 3. The highest BCUT2D eigenvalue weighted by molar-refractivity contribution is 9.10. The van der Waals surface area contributed by atoms with E-state index in [1.165, 1.54) is 0 Å². The molecule has 1 atom stereocenters. The van der Waals surface area contributed by atoms with Gasteiger partial charge in [0.05, 0.1) is 11.8 Å². The fourth-order valence-electron chi connectivity index (χ4n) is 1.87. The van der Waals surface area contributed by atoms with E-state index in [0.29, 0.717) is 5.82 Å². The summed E-state index contributed by atoms with van der Waals surface area (Å²) in [6.45, 7) is 3.90. The molecular weight excluding hydrogens is 302 g/mol. The molecule has 4 heteroatoms. The van der Waals surface area contributed by atoms with E-state index in [4.69, 9.17) is 5.26 Å². The second kappa shape index (κ2) is 5.94. The predicted molar refractivity (Wildman–Crippen MR) is 78.6 cm³/mol. The Morgan fingerprint density at radius 3 is 2.74 bits per heavy atom. The molecule has 0 saturated carbocycles. The summed E-state index contributed by atoms with van der Waals surface area (Å²) in [4.78, 5) is 8.91. The first-order chi connectivity index (χ1) is 9.13. The Bertz CT molecular complexity index is 632. The Morgan fingerprint density at radius 2 is 2.11 bits per heavy atom. The number of halogens is 1. The molecule has 1 aromatic carbocycles. The minimum atomic E-state index is -0.245. The van der Waals surface area contributed by atoms with Gasteiger partial charge < -0.3 is 0 Å². The van der Waals surface area contributed by atoms with Gasteiger partial charge >= 0.3 is 0 Å². The Hall–Kier alpha value is -1.73. The molecule has 1 heterocycles. The summed E-state index contributed by atoms with van der Waals surface area (Å²) in [6, 6.07) is 12.2. The molecule has 0 aliphatic carbocycles. The van der Waals surface area contributed by atoms with Crippen LogP contribution in [0.5, 0.6) is 0 Å². The molecule has 0 aliphatic rings. The van der Waals surface area contributed by atoms with E-state index in [9.17, 15) is 0 Å². The zero-order chi connectivity index (χ0) is 13.8. The summed E-state index contributed by atoms with van der Waals surface area (Å²) >= 11 is 3.46. The van der Waals surface area contributed by atoms with Gasteiger partial charge in [-0.25, -0.2) is 9.97 Å². The SMILES string of the molecule is CCC(C#N)c1nc(C)cc(-c2cccc(Br)c2)n1. The molecule has 19 heavy (non-hydrogen) atoms. The molecular formula is C15H14BrN3. The van der Waals surface area contributed by atoms with Crippen LogP contribution in [0.4, 0.5) is 0 Å². The lowest BCUT2D eigenvalue weighted by molar-refractivity contribution is 0.746. The molecule has 1 aromatic heterocycles. The number of nitriles is 1. The largest absolute Gasteiger partial charge is 0.237 e. The maximum Gasteiger partial charge on any atom is 0.146 e. The third-order valence-electron chi connectivity index (χ3n) is 2.87. The van der Waals surface area contributed by atoms with E-state index in [1.807, 2.05) is 44.2 Å². The lowest BCUT2D eigenvalue weighted by Gasteiger charge is -2.09. The molecule has 0 bridgehead atoms. The van der Waals surface area contributed by atoms with Crippen molar-refractivity contribution in [3.8, 4) is 17.3 Å². The molecule has 0 radical (unpaired) electrons. The normalized spacial score (nSPS) is 11.9. The van der Waals surface area contributed by atoms with Crippen LogP contribution in [0, 0.1) is 18.3 Å². The number of aryl methyl sites for hydroxylation is 1. The lowest BCUT2D eigenvalue weighted by atomic mass is 10.1. The van der Waals surface area contributed by atoms with Gasteiger partial charge in [-0.05, 0) is 31.5 Å². The second-order valence-electron chi connectivity index (χ2n) is 4.35. The lowest BCUT2D eigenvalue weighted by Crippen LogP contribution is -2.04. The van der Waals surface area contributed by atoms with Crippen molar-refractivity contribution in [1.82, 2.24) is 9.97 Å². The second-order valence-corrected chi connectivity index (χ2v) is 5.27. The Morgan fingerprint density at radius 1 is 1.32 bits per heavy atom. The van der Waals surface area contributed by atoms with Crippen LogP contribution in [0.3, 0.4) is 0 Å². The van der Waals surface area contributed by atoms with Gasteiger partial charge in [0, 0.05) is 15.7 Å². The quantitative estimate of drug-likeness (QED) is 0.851. The highest BCUT2D eigenvalue weighted by Crippen LogP contribution is 2.24. The third-order valence-corrected chi connectivity index (χ3v) is 3.36. The maximum atomic E-state index is 9.14. The molecule has 0 aliphatic heterocycles. The summed E-state index contributed by atoms with van der Waals surface area (Å²) in [5.74, 6) is 0.366. The third kappa shape index (κ3) is 3.18. The monoisotopic (exact) mass is 315 g/mol. The Balaban J connectivity index is 2.51. The predicted octanol–water partition coefficient (Wildman–Crippen LogP) is 4.23. The molecule has 2 aromatic rings. The summed E-state index contributed by atoms with van der Waals surface area (Å²) in [6.07, 6.45) is 0.720. The van der Waals surface area contributed by atoms with Crippen molar-refractivity contribution < 1.29 is 0 Å². The average molecular weight is 316 g/mol. The van der Waals surface area contributed by atoms with Gasteiger partial charge in [0.25, 0.3) is 0 Å². The first-order valence-corrected chi connectivity index (χ1v) is 6.94. The standard InChI is InChI=1S/C15H14BrN3/c1-3-11(9-17)15-18-10(2)7-14(19-15)12-5-4-6-13(16)8-12/h4-8,11H,3H2,1-2H3. The smallest absolute Gasteiger partial charge is 0.146 e. The van der Waals surface area contributed by atoms with Gasteiger partial charge in [0.15, 0.2) is 0 Å². The summed E-state index contributed by atoms with van der Waals surface area (Å²) in [7, 11) is 0. The van der Waals surface area contributed by atoms with Crippen molar-refractivity contribution in [3.05, 3.63) is 46.3 Å². The minimum Gasteiger partial charge on any atom is -0.237 e. The van der Waals surface area contributed by atoms with Gasteiger partial charge in [0.2, 0.25) is 0 Å². The molecule has 0 spiro atoms. The van der Waals surface area contributed by atoms with E-state index < -0.39 is 0 Å². The molecule has 1 unspecified atom stereocenters. The van der Waals surface area contributed by atoms with Gasteiger partial charge in [-0.3, -0.25) is 0 Å². The van der Waals surface area contributed by atoms with Crippen LogP contribution in [0.1, 0.15) is 30.8 Å². The van der Waals surface area contributed by atoms with Gasteiger partial charge in [-0.15, -0.1) is 0 Å². The van der Waals surface area contributed by atoms with E-state index in [0.717, 1.165) is 27.8 Å². The van der Waals surface area contributed by atoms with Crippen molar-refractivity contribution >= 4 is 15.9 Å². The zero-order valence-electron chi connectivity index (χ0n) is 10.9. The first-order valence-electron chi connectivity index (χ1n) is 6.15. The fraction of sp³-hybridized carbons (Fsp3) is 0.267. The van der Waals surface area contributed by atoms with Gasteiger partial charge in [-0.2, -0.15) is 5.26 Å². The average Bonchev–Trinajstić information content (AvgIpc) is 2.39. The molecule has 0 saturated heterocycles. The molecule has 0 fully saturated rings.